The molecule has 1 rings (SSSR count). The highest BCUT2D eigenvalue weighted by molar-refractivity contribution is 5.06. The van der Waals surface area contributed by atoms with Crippen molar-refractivity contribution < 1.29 is 5.11 Å². The lowest BCUT2D eigenvalue weighted by atomic mass is 10.0. The molecule has 4 heteroatoms. The van der Waals surface area contributed by atoms with E-state index in [1.807, 2.05) is 0 Å². The third kappa shape index (κ3) is 1.72. The van der Waals surface area contributed by atoms with E-state index in [0.717, 1.165) is 0 Å². The topological polar surface area (TPSA) is 72.0 Å². The Labute approximate surface area is 65.1 Å². The van der Waals surface area contributed by atoms with E-state index in [1.54, 1.807) is 13.1 Å². The minimum Gasteiger partial charge on any atom is -0.382 e. The Morgan fingerprint density at radius 3 is 2.82 bits per heavy atom. The maximum absolute atomic E-state index is 9.57. The summed E-state index contributed by atoms with van der Waals surface area (Å²) in [6.45, 7) is 1.75. The Hall–Kier alpha value is -1.00. The van der Waals surface area contributed by atoms with Gasteiger partial charge in [0, 0.05) is 18.9 Å². The molecule has 0 aliphatic carbocycles. The Morgan fingerprint density at radius 2 is 2.36 bits per heavy atom. The number of hydrogen-bond donors (Lipinski definition) is 2. The fourth-order valence-electron chi connectivity index (χ4n) is 0.682. The molecule has 0 amide bonds. The number of hydrogen-bond acceptors (Lipinski definition) is 4. The van der Waals surface area contributed by atoms with Crippen LogP contribution in [0.1, 0.15) is 12.6 Å². The van der Waals surface area contributed by atoms with E-state index in [9.17, 15) is 5.11 Å². The van der Waals surface area contributed by atoms with Gasteiger partial charge in [0.05, 0.1) is 11.9 Å². The molecule has 3 N–H and O–H groups in total. The van der Waals surface area contributed by atoms with Crippen molar-refractivity contribution in [2.75, 3.05) is 6.54 Å². The maximum Gasteiger partial charge on any atom is 0.117 e. The van der Waals surface area contributed by atoms with Gasteiger partial charge >= 0.3 is 0 Å². The summed E-state index contributed by atoms with van der Waals surface area (Å²) in [5.74, 6) is 0. The molecule has 0 aromatic carbocycles. The Balaban J connectivity index is 2.93. The van der Waals surface area contributed by atoms with Crippen LogP contribution in [0, 0.1) is 0 Å². The molecule has 0 saturated carbocycles. The van der Waals surface area contributed by atoms with Crippen LogP contribution in [0.4, 0.5) is 0 Å². The van der Waals surface area contributed by atoms with Gasteiger partial charge in [-0.15, -0.1) is 0 Å². The first kappa shape index (κ1) is 8.10. The molecular formula is C7H11N3O. The molecule has 1 aromatic rings. The molecular weight excluding hydrogens is 142 g/mol. The van der Waals surface area contributed by atoms with Crippen molar-refractivity contribution in [1.82, 2.24) is 9.97 Å². The molecule has 0 saturated heterocycles. The minimum atomic E-state index is -1.06. The zero-order valence-electron chi connectivity index (χ0n) is 6.36. The maximum atomic E-state index is 9.57. The lowest BCUT2D eigenvalue weighted by molar-refractivity contribution is 0.0618. The van der Waals surface area contributed by atoms with Gasteiger partial charge in [-0.3, -0.25) is 9.97 Å². The highest BCUT2D eigenvalue weighted by Gasteiger charge is 2.22. The molecule has 1 atom stereocenters. The highest BCUT2D eigenvalue weighted by Crippen LogP contribution is 2.13. The summed E-state index contributed by atoms with van der Waals surface area (Å²) in [5, 5.41) is 9.57. The molecule has 1 aromatic heterocycles. The van der Waals surface area contributed by atoms with Crippen LogP contribution in [0.15, 0.2) is 18.6 Å². The van der Waals surface area contributed by atoms with Gasteiger partial charge in [-0.1, -0.05) is 0 Å². The van der Waals surface area contributed by atoms with Crippen LogP contribution in [0.3, 0.4) is 0 Å². The number of rotatable bonds is 2. The van der Waals surface area contributed by atoms with Crippen LogP contribution in [-0.4, -0.2) is 21.6 Å². The lowest BCUT2D eigenvalue weighted by Crippen LogP contribution is -2.32. The third-order valence-electron chi connectivity index (χ3n) is 1.51. The number of nitrogens with two attached hydrogens (primary N) is 1. The van der Waals surface area contributed by atoms with Crippen LogP contribution in [0.5, 0.6) is 0 Å². The van der Waals surface area contributed by atoms with Crippen LogP contribution in [-0.2, 0) is 5.60 Å². The van der Waals surface area contributed by atoms with Crippen LogP contribution in [0.2, 0.25) is 0 Å². The average Bonchev–Trinajstić information content (AvgIpc) is 2.06. The summed E-state index contributed by atoms with van der Waals surface area (Å²) >= 11 is 0. The monoisotopic (exact) mass is 153 g/mol. The van der Waals surface area contributed by atoms with Gasteiger partial charge in [0.1, 0.15) is 5.60 Å². The van der Waals surface area contributed by atoms with E-state index in [4.69, 9.17) is 5.73 Å². The lowest BCUT2D eigenvalue weighted by Gasteiger charge is -2.18. The van der Waals surface area contributed by atoms with Crippen molar-refractivity contribution in [3.8, 4) is 0 Å². The number of aromatic nitrogens is 2. The molecule has 1 heterocycles. The van der Waals surface area contributed by atoms with E-state index in [0.29, 0.717) is 5.69 Å². The van der Waals surface area contributed by atoms with E-state index >= 15 is 0 Å². The first-order chi connectivity index (χ1) is 5.17. The minimum absolute atomic E-state index is 0.145. The zero-order chi connectivity index (χ0) is 8.32. The summed E-state index contributed by atoms with van der Waals surface area (Å²) in [5.41, 5.74) is 4.76. The molecule has 0 radical (unpaired) electrons. The quantitative estimate of drug-likeness (QED) is 0.608. The Kier molecular flexibility index (Phi) is 2.16. The summed E-state index contributed by atoms with van der Waals surface area (Å²) < 4.78 is 0. The molecule has 4 nitrogen and oxygen atoms in total. The standard InChI is InChI=1S/C7H11N3O/c1-7(11,5-8)6-4-9-2-3-10-6/h2-4,11H,5,8H2,1H3. The normalized spacial score (nSPS) is 15.9. The second-order valence-electron chi connectivity index (χ2n) is 2.57. The van der Waals surface area contributed by atoms with Crippen molar-refractivity contribution in [1.29, 1.82) is 0 Å². The van der Waals surface area contributed by atoms with Gasteiger partial charge in [-0.25, -0.2) is 0 Å². The van der Waals surface area contributed by atoms with E-state index < -0.39 is 5.60 Å². The van der Waals surface area contributed by atoms with Gasteiger partial charge in [0.15, 0.2) is 0 Å². The summed E-state index contributed by atoms with van der Waals surface area (Å²) in [6, 6.07) is 0. The number of nitrogens with zero attached hydrogens (tertiary/aromatic N) is 2. The van der Waals surface area contributed by atoms with Crippen molar-refractivity contribution in [3.63, 3.8) is 0 Å². The first-order valence-corrected chi connectivity index (χ1v) is 3.36. The zero-order valence-corrected chi connectivity index (χ0v) is 6.36. The molecule has 0 fully saturated rings. The Morgan fingerprint density at radius 1 is 1.64 bits per heavy atom. The van der Waals surface area contributed by atoms with Gasteiger partial charge in [0.25, 0.3) is 0 Å². The third-order valence-corrected chi connectivity index (χ3v) is 1.51. The fourth-order valence-corrected chi connectivity index (χ4v) is 0.682. The Bertz CT molecular complexity index is 222. The molecule has 0 bridgehead atoms. The summed E-state index contributed by atoms with van der Waals surface area (Å²) in [4.78, 5) is 7.75. The van der Waals surface area contributed by atoms with Gasteiger partial charge in [-0.05, 0) is 6.92 Å². The second kappa shape index (κ2) is 2.94. The largest absolute Gasteiger partial charge is 0.382 e. The molecule has 1 unspecified atom stereocenters. The van der Waals surface area contributed by atoms with E-state index in [-0.39, 0.29) is 6.54 Å². The first-order valence-electron chi connectivity index (χ1n) is 3.36. The SMILES string of the molecule is CC(O)(CN)c1cnccn1. The van der Waals surface area contributed by atoms with Crippen molar-refractivity contribution in [3.05, 3.63) is 24.3 Å². The van der Waals surface area contributed by atoms with Gasteiger partial charge in [-0.2, -0.15) is 0 Å². The molecule has 11 heavy (non-hydrogen) atoms. The van der Waals surface area contributed by atoms with Crippen LogP contribution < -0.4 is 5.73 Å². The van der Waals surface area contributed by atoms with Gasteiger partial charge in [0.2, 0.25) is 0 Å². The highest BCUT2D eigenvalue weighted by atomic mass is 16.3. The predicted molar refractivity (Wildman–Crippen MR) is 40.7 cm³/mol. The van der Waals surface area contributed by atoms with Crippen molar-refractivity contribution >= 4 is 0 Å². The predicted octanol–water partition coefficient (Wildman–Crippen LogP) is -0.357. The average molecular weight is 153 g/mol. The number of aliphatic hydroxyl groups is 1. The smallest absolute Gasteiger partial charge is 0.117 e. The molecule has 0 aliphatic rings. The molecule has 60 valence electrons. The summed E-state index contributed by atoms with van der Waals surface area (Å²) in [7, 11) is 0. The summed E-state index contributed by atoms with van der Waals surface area (Å²) in [6.07, 6.45) is 4.59. The van der Waals surface area contributed by atoms with E-state index in [2.05, 4.69) is 9.97 Å². The van der Waals surface area contributed by atoms with E-state index in [1.165, 1.54) is 12.4 Å². The van der Waals surface area contributed by atoms with Gasteiger partial charge < -0.3 is 10.8 Å². The fraction of sp³-hybridized carbons (Fsp3) is 0.429. The van der Waals surface area contributed by atoms with Crippen LogP contribution in [0.25, 0.3) is 0 Å². The molecule has 0 spiro atoms. The second-order valence-corrected chi connectivity index (χ2v) is 2.57. The van der Waals surface area contributed by atoms with Crippen molar-refractivity contribution in [2.24, 2.45) is 5.73 Å². The van der Waals surface area contributed by atoms with Crippen molar-refractivity contribution in [2.45, 2.75) is 12.5 Å². The molecule has 0 aliphatic heterocycles. The van der Waals surface area contributed by atoms with Crippen LogP contribution >= 0.6 is 0 Å².